The van der Waals surface area contributed by atoms with Crippen LogP contribution in [0.25, 0.3) is 0 Å². The summed E-state index contributed by atoms with van der Waals surface area (Å²) < 4.78 is 4.73. The number of urea groups is 1. The van der Waals surface area contributed by atoms with E-state index in [1.54, 1.807) is 4.90 Å². The molecule has 2 amide bonds. The van der Waals surface area contributed by atoms with Crippen LogP contribution >= 0.6 is 0 Å². The molecule has 6 heteroatoms. The van der Waals surface area contributed by atoms with Crippen molar-refractivity contribution in [3.05, 3.63) is 0 Å². The van der Waals surface area contributed by atoms with Gasteiger partial charge in [0.05, 0.1) is 19.8 Å². The lowest BCUT2D eigenvalue weighted by Crippen LogP contribution is -2.45. The van der Waals surface area contributed by atoms with Crippen LogP contribution in [0.2, 0.25) is 0 Å². The second-order valence-corrected chi connectivity index (χ2v) is 4.72. The van der Waals surface area contributed by atoms with E-state index in [-0.39, 0.29) is 18.0 Å². The summed E-state index contributed by atoms with van der Waals surface area (Å²) in [6.45, 7) is 3.19. The summed E-state index contributed by atoms with van der Waals surface area (Å²) in [6, 6.07) is -0.571. The Bertz CT molecular complexity index is 334. The molecule has 0 aromatic rings. The van der Waals surface area contributed by atoms with E-state index in [4.69, 9.17) is 9.57 Å². The van der Waals surface area contributed by atoms with Crippen molar-refractivity contribution >= 4 is 12.0 Å². The number of rotatable bonds is 5. The molecule has 0 radical (unpaired) electrons. The van der Waals surface area contributed by atoms with Crippen LogP contribution in [0, 0.1) is 0 Å². The molecular formula is C12H20N2O4. The van der Waals surface area contributed by atoms with Gasteiger partial charge in [0, 0.05) is 6.54 Å². The van der Waals surface area contributed by atoms with Gasteiger partial charge in [0.15, 0.2) is 0 Å². The van der Waals surface area contributed by atoms with E-state index < -0.39 is 6.04 Å². The number of esters is 1. The van der Waals surface area contributed by atoms with Crippen molar-refractivity contribution < 1.29 is 19.2 Å². The Labute approximate surface area is 107 Å². The minimum Gasteiger partial charge on any atom is -0.467 e. The van der Waals surface area contributed by atoms with Gasteiger partial charge < -0.3 is 9.64 Å². The van der Waals surface area contributed by atoms with Crippen LogP contribution in [0.15, 0.2) is 0 Å². The van der Waals surface area contributed by atoms with Gasteiger partial charge in [-0.25, -0.2) is 9.59 Å². The average molecular weight is 256 g/mol. The lowest BCUT2D eigenvalue weighted by molar-refractivity contribution is -0.146. The van der Waals surface area contributed by atoms with E-state index in [0.29, 0.717) is 19.6 Å². The van der Waals surface area contributed by atoms with Gasteiger partial charge in [-0.2, -0.15) is 5.06 Å². The van der Waals surface area contributed by atoms with E-state index in [0.717, 1.165) is 19.3 Å². The van der Waals surface area contributed by atoms with Crippen LogP contribution in [-0.4, -0.2) is 54.3 Å². The number of carbonyl (C=O) groups excluding carboxylic acids is 2. The van der Waals surface area contributed by atoms with E-state index in [2.05, 4.69) is 6.92 Å². The first-order chi connectivity index (χ1) is 8.69. The molecule has 2 aliphatic heterocycles. The molecule has 6 nitrogen and oxygen atoms in total. The van der Waals surface area contributed by atoms with Gasteiger partial charge in [-0.15, -0.1) is 0 Å². The molecule has 0 saturated carbocycles. The molecule has 2 aliphatic rings. The number of fused-ring (bicyclic) bond motifs is 2. The van der Waals surface area contributed by atoms with Crippen LogP contribution in [0.4, 0.5) is 4.79 Å². The van der Waals surface area contributed by atoms with Crippen molar-refractivity contribution in [1.82, 2.24) is 9.96 Å². The lowest BCUT2D eigenvalue weighted by atomic mass is 10.0. The van der Waals surface area contributed by atoms with E-state index in [9.17, 15) is 9.59 Å². The zero-order chi connectivity index (χ0) is 13.1. The number of piperidine rings is 1. The molecule has 0 aliphatic carbocycles. The number of nitrogens with zero attached hydrogens (tertiary/aromatic N) is 2. The SMILES string of the molecule is CCCCON1C(=O)N2CC1CC[C@H]2C(=O)OC. The maximum absolute atomic E-state index is 12.1. The number of amides is 2. The van der Waals surface area contributed by atoms with Crippen LogP contribution in [0.3, 0.4) is 0 Å². The molecule has 102 valence electrons. The molecular weight excluding hydrogens is 236 g/mol. The maximum atomic E-state index is 12.1. The Hall–Kier alpha value is -1.30. The topological polar surface area (TPSA) is 59.1 Å². The molecule has 0 N–H and O–H groups in total. The number of hydrogen-bond acceptors (Lipinski definition) is 4. The highest BCUT2D eigenvalue weighted by molar-refractivity contribution is 5.85. The monoisotopic (exact) mass is 256 g/mol. The fourth-order valence-electron chi connectivity index (χ4n) is 2.49. The van der Waals surface area contributed by atoms with Crippen molar-refractivity contribution in [1.29, 1.82) is 0 Å². The van der Waals surface area contributed by atoms with Gasteiger partial charge in [0.2, 0.25) is 0 Å². The van der Waals surface area contributed by atoms with Gasteiger partial charge in [0.25, 0.3) is 0 Å². The molecule has 2 atom stereocenters. The zero-order valence-electron chi connectivity index (χ0n) is 10.9. The van der Waals surface area contributed by atoms with Crippen LogP contribution in [0.1, 0.15) is 32.6 Å². The highest BCUT2D eigenvalue weighted by Gasteiger charge is 2.48. The lowest BCUT2D eigenvalue weighted by Gasteiger charge is -2.27. The van der Waals surface area contributed by atoms with E-state index in [1.807, 2.05) is 0 Å². The van der Waals surface area contributed by atoms with Crippen LogP contribution < -0.4 is 0 Å². The van der Waals surface area contributed by atoms with Gasteiger partial charge in [-0.3, -0.25) is 4.84 Å². The Kier molecular flexibility index (Phi) is 4.06. The van der Waals surface area contributed by atoms with E-state index in [1.165, 1.54) is 12.2 Å². The predicted molar refractivity (Wildman–Crippen MR) is 63.6 cm³/mol. The van der Waals surface area contributed by atoms with Crippen molar-refractivity contribution in [3.63, 3.8) is 0 Å². The first-order valence-corrected chi connectivity index (χ1v) is 6.49. The molecule has 1 unspecified atom stereocenters. The summed E-state index contributed by atoms with van der Waals surface area (Å²) >= 11 is 0. The highest BCUT2D eigenvalue weighted by Crippen LogP contribution is 2.30. The summed E-state index contributed by atoms with van der Waals surface area (Å²) in [5.41, 5.74) is 0. The Morgan fingerprint density at radius 1 is 1.44 bits per heavy atom. The smallest absolute Gasteiger partial charge is 0.345 e. The number of methoxy groups -OCH3 is 1. The van der Waals surface area contributed by atoms with Gasteiger partial charge in [-0.05, 0) is 19.3 Å². The maximum Gasteiger partial charge on any atom is 0.345 e. The molecule has 2 rings (SSSR count). The van der Waals surface area contributed by atoms with Crippen molar-refractivity contribution in [3.8, 4) is 0 Å². The normalized spacial score (nSPS) is 26.7. The highest BCUT2D eigenvalue weighted by atomic mass is 16.7. The summed E-state index contributed by atoms with van der Waals surface area (Å²) in [5.74, 6) is -0.336. The molecule has 18 heavy (non-hydrogen) atoms. The van der Waals surface area contributed by atoms with Gasteiger partial charge in [0.1, 0.15) is 6.04 Å². The average Bonchev–Trinajstić information content (AvgIpc) is 2.63. The van der Waals surface area contributed by atoms with Gasteiger partial charge in [-0.1, -0.05) is 13.3 Å². The number of unbranched alkanes of at least 4 members (excludes halogenated alkanes) is 1. The largest absolute Gasteiger partial charge is 0.467 e. The Morgan fingerprint density at radius 3 is 2.89 bits per heavy atom. The molecule has 0 spiro atoms. The Balaban J connectivity index is 1.99. The van der Waals surface area contributed by atoms with Crippen molar-refractivity contribution in [2.45, 2.75) is 44.7 Å². The predicted octanol–water partition coefficient (Wildman–Crippen LogP) is 1.16. The molecule has 2 bridgehead atoms. The first-order valence-electron chi connectivity index (χ1n) is 6.49. The molecule has 0 aromatic heterocycles. The number of hydrogen-bond donors (Lipinski definition) is 0. The van der Waals surface area contributed by atoms with Crippen molar-refractivity contribution in [2.75, 3.05) is 20.3 Å². The number of hydroxylamine groups is 2. The zero-order valence-corrected chi connectivity index (χ0v) is 10.9. The van der Waals surface area contributed by atoms with E-state index >= 15 is 0 Å². The minimum atomic E-state index is -0.446. The number of ether oxygens (including phenoxy) is 1. The quantitative estimate of drug-likeness (QED) is 0.547. The number of carbonyl (C=O) groups is 2. The second kappa shape index (κ2) is 5.56. The Morgan fingerprint density at radius 2 is 2.22 bits per heavy atom. The molecule has 0 aromatic carbocycles. The summed E-state index contributed by atoms with van der Waals surface area (Å²) in [7, 11) is 1.35. The molecule has 2 fully saturated rings. The minimum absolute atomic E-state index is 0.0789. The third-order valence-corrected chi connectivity index (χ3v) is 3.52. The fourth-order valence-corrected chi connectivity index (χ4v) is 2.49. The first kappa shape index (κ1) is 13.1. The third-order valence-electron chi connectivity index (χ3n) is 3.52. The standard InChI is InChI=1S/C12H20N2O4/c1-3-4-7-18-14-9-5-6-10(11(15)17-2)13(8-9)12(14)16/h9-10H,3-8H2,1-2H3/t9?,10-/m0/s1. The molecule has 2 heterocycles. The van der Waals surface area contributed by atoms with Gasteiger partial charge >= 0.3 is 12.0 Å². The van der Waals surface area contributed by atoms with Crippen LogP contribution in [-0.2, 0) is 14.4 Å². The molecule has 2 saturated heterocycles. The second-order valence-electron chi connectivity index (χ2n) is 4.72. The fraction of sp³-hybridized carbons (Fsp3) is 0.833. The summed E-state index contributed by atoms with van der Waals surface area (Å²) in [4.78, 5) is 30.8. The summed E-state index contributed by atoms with van der Waals surface area (Å²) in [6.07, 6.45) is 3.39. The third kappa shape index (κ3) is 2.29. The van der Waals surface area contributed by atoms with Crippen molar-refractivity contribution in [2.24, 2.45) is 0 Å². The summed E-state index contributed by atoms with van der Waals surface area (Å²) in [5, 5.41) is 1.44. The van der Waals surface area contributed by atoms with Crippen LogP contribution in [0.5, 0.6) is 0 Å².